The van der Waals surface area contributed by atoms with Crippen LogP contribution >= 0.6 is 15.9 Å². The summed E-state index contributed by atoms with van der Waals surface area (Å²) in [7, 11) is -4.06. The molecule has 0 bridgehead atoms. The highest BCUT2D eigenvalue weighted by Crippen LogP contribution is 2.34. The average molecular weight is 434 g/mol. The second-order valence-corrected chi connectivity index (χ2v) is 7.78. The minimum Gasteiger partial charge on any atom is -0.435 e. The molecule has 0 aliphatic carbocycles. The fraction of sp³-hybridized carbons (Fsp3) is 0. The van der Waals surface area contributed by atoms with Crippen molar-refractivity contribution in [1.82, 2.24) is 4.98 Å². The number of nitrogens with zero attached hydrogens (tertiary/aromatic N) is 3. The molecule has 0 amide bonds. The van der Waals surface area contributed by atoms with Crippen LogP contribution in [0.2, 0.25) is 0 Å². The minimum atomic E-state index is -4.06. The number of pyridine rings is 1. The average Bonchev–Trinajstić information content (AvgIpc) is 2.87. The smallest absolute Gasteiger partial charge is 0.286 e. The van der Waals surface area contributed by atoms with E-state index in [1.54, 1.807) is 24.4 Å². The van der Waals surface area contributed by atoms with E-state index in [9.17, 15) is 18.5 Å². The molecule has 1 aliphatic rings. The zero-order valence-electron chi connectivity index (χ0n) is 12.8. The number of rotatable bonds is 2. The number of hydrogen-bond donors (Lipinski definition) is 0. The van der Waals surface area contributed by atoms with E-state index in [-0.39, 0.29) is 22.0 Å². The number of nitro groups is 1. The third-order valence-electron chi connectivity index (χ3n) is 3.77. The summed E-state index contributed by atoms with van der Waals surface area (Å²) < 4.78 is 34.6. The summed E-state index contributed by atoms with van der Waals surface area (Å²) in [6.45, 7) is 0. The Balaban J connectivity index is 1.83. The number of nitro benzene ring substituents is 1. The molecule has 10 heteroatoms. The van der Waals surface area contributed by atoms with Crippen molar-refractivity contribution in [3.63, 3.8) is 0 Å². The molecule has 1 aromatic heterocycles. The fourth-order valence-electron chi connectivity index (χ4n) is 2.59. The summed E-state index contributed by atoms with van der Waals surface area (Å²) in [5.41, 5.74) is 0.361. The van der Waals surface area contributed by atoms with Crippen LogP contribution < -0.4 is 4.74 Å². The van der Waals surface area contributed by atoms with Crippen molar-refractivity contribution in [2.24, 2.45) is 4.40 Å². The van der Waals surface area contributed by atoms with E-state index in [1.807, 2.05) is 6.07 Å². The van der Waals surface area contributed by atoms with Gasteiger partial charge in [-0.25, -0.2) is 0 Å². The molecule has 1 aliphatic heterocycles. The van der Waals surface area contributed by atoms with Gasteiger partial charge in [-0.2, -0.15) is 8.42 Å². The highest BCUT2D eigenvalue weighted by atomic mass is 79.9. The van der Waals surface area contributed by atoms with Crippen LogP contribution in [0.15, 0.2) is 62.4 Å². The fourth-order valence-corrected chi connectivity index (χ4v) is 4.20. The molecule has 0 saturated carbocycles. The van der Waals surface area contributed by atoms with Crippen LogP contribution in [0.25, 0.3) is 10.9 Å². The summed E-state index contributed by atoms with van der Waals surface area (Å²) in [6.07, 6.45) is 1.59. The highest BCUT2D eigenvalue weighted by Gasteiger charge is 2.33. The van der Waals surface area contributed by atoms with Crippen LogP contribution in [0.5, 0.6) is 5.75 Å². The van der Waals surface area contributed by atoms with E-state index < -0.39 is 14.9 Å². The van der Waals surface area contributed by atoms with E-state index in [2.05, 4.69) is 25.3 Å². The van der Waals surface area contributed by atoms with Gasteiger partial charge in [0.25, 0.3) is 15.7 Å². The number of ether oxygens (including phenoxy) is 1. The topological polar surface area (TPSA) is 112 Å². The van der Waals surface area contributed by atoms with Gasteiger partial charge in [0.1, 0.15) is 10.4 Å². The van der Waals surface area contributed by atoms with Gasteiger partial charge >= 0.3 is 0 Å². The summed E-state index contributed by atoms with van der Waals surface area (Å²) in [6, 6.07) is 10.5. The predicted molar refractivity (Wildman–Crippen MR) is 96.9 cm³/mol. The van der Waals surface area contributed by atoms with Crippen LogP contribution in [-0.4, -0.2) is 24.2 Å². The SMILES string of the molecule is O=[N+]([O-])c1ccc2c(c1)S(=O)(=O)N=C2Oc1ccc(Br)c2cccnc12. The molecule has 0 unspecified atom stereocenters. The normalized spacial score (nSPS) is 14.7. The lowest BCUT2D eigenvalue weighted by atomic mass is 10.2. The lowest BCUT2D eigenvalue weighted by molar-refractivity contribution is -0.385. The molecule has 0 atom stereocenters. The first-order chi connectivity index (χ1) is 12.4. The van der Waals surface area contributed by atoms with E-state index in [0.29, 0.717) is 11.3 Å². The van der Waals surface area contributed by atoms with E-state index in [4.69, 9.17) is 4.74 Å². The first kappa shape index (κ1) is 16.6. The van der Waals surface area contributed by atoms with Crippen molar-refractivity contribution in [3.8, 4) is 5.75 Å². The Morgan fingerprint density at radius 1 is 1.15 bits per heavy atom. The molecular weight excluding hydrogens is 426 g/mol. The number of halogens is 1. The van der Waals surface area contributed by atoms with Crippen LogP contribution in [0.4, 0.5) is 5.69 Å². The van der Waals surface area contributed by atoms with Crippen molar-refractivity contribution in [2.45, 2.75) is 4.90 Å². The molecule has 26 heavy (non-hydrogen) atoms. The Kier molecular flexibility index (Phi) is 3.74. The summed E-state index contributed by atoms with van der Waals surface area (Å²) in [4.78, 5) is 14.2. The van der Waals surface area contributed by atoms with Crippen LogP contribution in [0.3, 0.4) is 0 Å². The zero-order chi connectivity index (χ0) is 18.5. The Morgan fingerprint density at radius 3 is 2.73 bits per heavy atom. The molecule has 0 N–H and O–H groups in total. The van der Waals surface area contributed by atoms with Gasteiger partial charge in [-0.05, 0) is 24.3 Å². The second-order valence-electron chi connectivity index (χ2n) is 5.36. The third kappa shape index (κ3) is 2.63. The molecule has 0 saturated heterocycles. The number of sulfonamides is 1. The molecule has 4 rings (SSSR count). The quantitative estimate of drug-likeness (QED) is 0.451. The molecule has 130 valence electrons. The maximum Gasteiger partial charge on any atom is 0.286 e. The molecule has 0 spiro atoms. The Hall–Kier alpha value is -2.85. The van der Waals surface area contributed by atoms with Crippen LogP contribution in [-0.2, 0) is 10.0 Å². The number of aromatic nitrogens is 1. The Labute approximate surface area is 155 Å². The van der Waals surface area contributed by atoms with Gasteiger partial charge in [-0.15, -0.1) is 4.40 Å². The molecule has 8 nitrogen and oxygen atoms in total. The molecule has 3 aromatic rings. The monoisotopic (exact) mass is 433 g/mol. The number of fused-ring (bicyclic) bond motifs is 2. The molecule has 2 aromatic carbocycles. The van der Waals surface area contributed by atoms with Crippen molar-refractivity contribution < 1.29 is 18.1 Å². The van der Waals surface area contributed by atoms with E-state index in [0.717, 1.165) is 15.9 Å². The maximum absolute atomic E-state index is 12.2. The summed E-state index contributed by atoms with van der Waals surface area (Å²) >= 11 is 3.42. The molecular formula is C16H8BrN3O5S. The maximum atomic E-state index is 12.2. The van der Waals surface area contributed by atoms with Gasteiger partial charge in [0.15, 0.2) is 5.75 Å². The third-order valence-corrected chi connectivity index (χ3v) is 5.76. The van der Waals surface area contributed by atoms with Crippen molar-refractivity contribution >= 4 is 48.4 Å². The number of benzene rings is 2. The predicted octanol–water partition coefficient (Wildman–Crippen LogP) is 3.43. The Bertz CT molecular complexity index is 1220. The minimum absolute atomic E-state index is 0.149. The number of non-ortho nitro benzene ring substituents is 1. The molecule has 2 heterocycles. The van der Waals surface area contributed by atoms with E-state index >= 15 is 0 Å². The zero-order valence-corrected chi connectivity index (χ0v) is 15.2. The largest absolute Gasteiger partial charge is 0.435 e. The first-order valence-corrected chi connectivity index (χ1v) is 9.45. The lowest BCUT2D eigenvalue weighted by Crippen LogP contribution is -2.08. The number of hydrogen-bond acceptors (Lipinski definition) is 6. The van der Waals surface area contributed by atoms with Crippen molar-refractivity contribution in [1.29, 1.82) is 0 Å². The van der Waals surface area contributed by atoms with Gasteiger partial charge < -0.3 is 4.74 Å². The van der Waals surface area contributed by atoms with Gasteiger partial charge in [0.05, 0.1) is 10.5 Å². The molecule has 0 radical (unpaired) electrons. The van der Waals surface area contributed by atoms with Crippen molar-refractivity contribution in [3.05, 3.63) is 68.8 Å². The van der Waals surface area contributed by atoms with Crippen molar-refractivity contribution in [2.75, 3.05) is 0 Å². The summed E-state index contributed by atoms with van der Waals surface area (Å²) in [5.74, 6) is 0.174. The summed E-state index contributed by atoms with van der Waals surface area (Å²) in [5, 5.41) is 11.7. The Morgan fingerprint density at radius 2 is 1.96 bits per heavy atom. The van der Waals surface area contributed by atoms with E-state index in [1.165, 1.54) is 12.1 Å². The van der Waals surface area contributed by atoms with Crippen LogP contribution in [0.1, 0.15) is 5.56 Å². The second kappa shape index (κ2) is 5.85. The van der Waals surface area contributed by atoms with Gasteiger partial charge in [0, 0.05) is 28.2 Å². The van der Waals surface area contributed by atoms with Gasteiger partial charge in [-0.1, -0.05) is 22.0 Å². The van der Waals surface area contributed by atoms with Crippen LogP contribution in [0, 0.1) is 10.1 Å². The highest BCUT2D eigenvalue weighted by molar-refractivity contribution is 9.10. The first-order valence-electron chi connectivity index (χ1n) is 7.22. The lowest BCUT2D eigenvalue weighted by Gasteiger charge is -2.09. The van der Waals surface area contributed by atoms with Gasteiger partial charge in [-0.3, -0.25) is 15.1 Å². The molecule has 0 fully saturated rings. The van der Waals surface area contributed by atoms with Gasteiger partial charge in [0.2, 0.25) is 5.90 Å². The standard InChI is InChI=1S/C16H8BrN3O5S/c17-12-5-6-13(15-10(12)2-1-7-18-15)25-16-11-4-3-9(20(21)22)8-14(11)26(23,24)19-16/h1-8H.